The maximum atomic E-state index is 11.7. The van der Waals surface area contributed by atoms with Crippen molar-refractivity contribution >= 4 is 9.84 Å². The standard InChI is InChI=1S/C22H27N3O3S/c1-16-10-21(12-24-22(16)29(3,26)27)28-15-20-14-25(13-17(20)2)9-8-18-6-4-5-7-19(18)11-23/h4-7,10,12,17,20H,8-9,13-15H2,1-3H3/t17-,20+/m1/s1. The van der Waals surface area contributed by atoms with E-state index in [2.05, 4.69) is 22.9 Å². The summed E-state index contributed by atoms with van der Waals surface area (Å²) in [5, 5.41) is 9.34. The molecule has 0 radical (unpaired) electrons. The van der Waals surface area contributed by atoms with Gasteiger partial charge in [-0.3, -0.25) is 0 Å². The number of pyridine rings is 1. The van der Waals surface area contributed by atoms with E-state index < -0.39 is 9.84 Å². The van der Waals surface area contributed by atoms with Gasteiger partial charge in [0.05, 0.1) is 24.4 Å². The van der Waals surface area contributed by atoms with Gasteiger partial charge in [-0.2, -0.15) is 5.26 Å². The third kappa shape index (κ3) is 5.34. The summed E-state index contributed by atoms with van der Waals surface area (Å²) >= 11 is 0. The van der Waals surface area contributed by atoms with Crippen LogP contribution in [0.2, 0.25) is 0 Å². The van der Waals surface area contributed by atoms with Crippen LogP contribution in [0.15, 0.2) is 41.6 Å². The molecule has 6 nitrogen and oxygen atoms in total. The van der Waals surface area contributed by atoms with Crippen molar-refractivity contribution in [2.24, 2.45) is 11.8 Å². The number of aryl methyl sites for hydroxylation is 1. The molecule has 29 heavy (non-hydrogen) atoms. The Bertz CT molecular complexity index is 1010. The fourth-order valence-corrected chi connectivity index (χ4v) is 4.76. The highest BCUT2D eigenvalue weighted by Gasteiger charge is 2.30. The summed E-state index contributed by atoms with van der Waals surface area (Å²) in [6.45, 7) is 7.41. The summed E-state index contributed by atoms with van der Waals surface area (Å²) in [4.78, 5) is 6.48. The molecule has 154 valence electrons. The zero-order valence-electron chi connectivity index (χ0n) is 17.1. The zero-order chi connectivity index (χ0) is 21.0. The second kappa shape index (κ2) is 8.93. The number of aromatic nitrogens is 1. The Labute approximate surface area is 173 Å². The summed E-state index contributed by atoms with van der Waals surface area (Å²) in [6, 6.07) is 11.8. The minimum atomic E-state index is -3.32. The third-order valence-electron chi connectivity index (χ3n) is 5.50. The number of sulfone groups is 1. The highest BCUT2D eigenvalue weighted by atomic mass is 32.2. The molecule has 0 N–H and O–H groups in total. The third-order valence-corrected chi connectivity index (χ3v) is 6.63. The van der Waals surface area contributed by atoms with Gasteiger partial charge in [-0.05, 0) is 42.5 Å². The zero-order valence-corrected chi connectivity index (χ0v) is 17.9. The fraction of sp³-hybridized carbons (Fsp3) is 0.455. The minimum absolute atomic E-state index is 0.0999. The van der Waals surface area contributed by atoms with E-state index in [1.165, 1.54) is 6.20 Å². The normalized spacial score (nSPS) is 19.8. The number of rotatable bonds is 7. The molecule has 2 heterocycles. The summed E-state index contributed by atoms with van der Waals surface area (Å²) in [6.07, 6.45) is 3.51. The SMILES string of the molecule is Cc1cc(OC[C@@H]2CN(CCc3ccccc3C#N)C[C@H]2C)cnc1S(C)(=O)=O. The largest absolute Gasteiger partial charge is 0.492 e. The van der Waals surface area contributed by atoms with Crippen LogP contribution in [-0.4, -0.2) is 50.8 Å². The lowest BCUT2D eigenvalue weighted by atomic mass is 9.99. The predicted molar refractivity (Wildman–Crippen MR) is 112 cm³/mol. The van der Waals surface area contributed by atoms with Crippen LogP contribution >= 0.6 is 0 Å². The van der Waals surface area contributed by atoms with Gasteiger partial charge in [0.25, 0.3) is 0 Å². The van der Waals surface area contributed by atoms with Crippen molar-refractivity contribution in [1.82, 2.24) is 9.88 Å². The van der Waals surface area contributed by atoms with Gasteiger partial charge in [0.2, 0.25) is 0 Å². The topological polar surface area (TPSA) is 83.3 Å². The molecule has 1 aromatic heterocycles. The summed E-state index contributed by atoms with van der Waals surface area (Å²) < 4.78 is 29.3. The smallest absolute Gasteiger partial charge is 0.193 e. The number of ether oxygens (including phenoxy) is 1. The van der Waals surface area contributed by atoms with Crippen LogP contribution in [0.3, 0.4) is 0 Å². The monoisotopic (exact) mass is 413 g/mol. The van der Waals surface area contributed by atoms with E-state index in [0.29, 0.717) is 29.8 Å². The van der Waals surface area contributed by atoms with Crippen molar-refractivity contribution in [3.8, 4) is 11.8 Å². The maximum Gasteiger partial charge on any atom is 0.193 e. The fourth-order valence-electron chi connectivity index (χ4n) is 3.87. The van der Waals surface area contributed by atoms with Gasteiger partial charge in [-0.25, -0.2) is 13.4 Å². The van der Waals surface area contributed by atoms with Crippen LogP contribution in [0.25, 0.3) is 0 Å². The molecule has 1 aliphatic rings. The molecule has 2 atom stereocenters. The molecule has 3 rings (SSSR count). The number of hydrogen-bond donors (Lipinski definition) is 0. The van der Waals surface area contributed by atoms with Gasteiger partial charge in [-0.15, -0.1) is 0 Å². The number of nitriles is 1. The predicted octanol–water partition coefficient (Wildman–Crippen LogP) is 2.85. The van der Waals surface area contributed by atoms with E-state index in [0.717, 1.165) is 43.4 Å². The molecule has 1 aliphatic heterocycles. The average Bonchev–Trinajstić information content (AvgIpc) is 3.03. The lowest BCUT2D eigenvalue weighted by Gasteiger charge is -2.17. The van der Waals surface area contributed by atoms with Crippen molar-refractivity contribution in [3.63, 3.8) is 0 Å². The van der Waals surface area contributed by atoms with Gasteiger partial charge in [0.1, 0.15) is 5.75 Å². The highest BCUT2D eigenvalue weighted by molar-refractivity contribution is 7.90. The Morgan fingerprint density at radius 2 is 2.07 bits per heavy atom. The lowest BCUT2D eigenvalue weighted by molar-refractivity contribution is 0.224. The van der Waals surface area contributed by atoms with Gasteiger partial charge in [0.15, 0.2) is 14.9 Å². The van der Waals surface area contributed by atoms with Crippen LogP contribution in [-0.2, 0) is 16.3 Å². The second-order valence-corrected chi connectivity index (χ2v) is 9.82. The first-order valence-corrected chi connectivity index (χ1v) is 11.7. The Balaban J connectivity index is 1.54. The van der Waals surface area contributed by atoms with Crippen molar-refractivity contribution < 1.29 is 13.2 Å². The number of likely N-dealkylation sites (tertiary alicyclic amines) is 1. The lowest BCUT2D eigenvalue weighted by Crippen LogP contribution is -2.25. The molecule has 0 spiro atoms. The van der Waals surface area contributed by atoms with Crippen molar-refractivity contribution in [3.05, 3.63) is 53.2 Å². The summed E-state index contributed by atoms with van der Waals surface area (Å²) in [5.74, 6) is 1.50. The number of benzene rings is 1. The van der Waals surface area contributed by atoms with E-state index >= 15 is 0 Å². The van der Waals surface area contributed by atoms with E-state index in [1.54, 1.807) is 13.0 Å². The van der Waals surface area contributed by atoms with Gasteiger partial charge < -0.3 is 9.64 Å². The highest BCUT2D eigenvalue weighted by Crippen LogP contribution is 2.25. The number of hydrogen-bond acceptors (Lipinski definition) is 6. The molecule has 1 saturated heterocycles. The summed E-state index contributed by atoms with van der Waals surface area (Å²) in [7, 11) is -3.32. The molecular formula is C22H27N3O3S. The van der Waals surface area contributed by atoms with Crippen molar-refractivity contribution in [2.45, 2.75) is 25.3 Å². The van der Waals surface area contributed by atoms with E-state index in [-0.39, 0.29) is 5.03 Å². The molecule has 0 saturated carbocycles. The van der Waals surface area contributed by atoms with Crippen molar-refractivity contribution in [1.29, 1.82) is 5.26 Å². The maximum absolute atomic E-state index is 11.7. The van der Waals surface area contributed by atoms with E-state index in [9.17, 15) is 13.7 Å². The Kier molecular flexibility index (Phi) is 6.56. The van der Waals surface area contributed by atoms with Crippen molar-refractivity contribution in [2.75, 3.05) is 32.5 Å². The molecule has 1 fully saturated rings. The molecule has 0 unspecified atom stereocenters. The average molecular weight is 414 g/mol. The van der Waals surface area contributed by atoms with Crippen LogP contribution in [0.5, 0.6) is 5.75 Å². The second-order valence-electron chi connectivity index (χ2n) is 7.89. The molecule has 0 aliphatic carbocycles. The molecule has 0 amide bonds. The van der Waals surface area contributed by atoms with Crippen LogP contribution in [0.4, 0.5) is 0 Å². The Hall–Kier alpha value is -2.43. The Morgan fingerprint density at radius 3 is 2.76 bits per heavy atom. The van der Waals surface area contributed by atoms with Crippen LogP contribution in [0.1, 0.15) is 23.6 Å². The molecule has 2 aromatic rings. The molecule has 7 heteroatoms. The molecule has 0 bridgehead atoms. The first-order valence-electron chi connectivity index (χ1n) is 9.77. The van der Waals surface area contributed by atoms with Gasteiger partial charge in [0, 0.05) is 31.8 Å². The number of nitrogens with zero attached hydrogens (tertiary/aromatic N) is 3. The first-order chi connectivity index (χ1) is 13.8. The van der Waals surface area contributed by atoms with Crippen LogP contribution in [0, 0.1) is 30.1 Å². The quantitative estimate of drug-likeness (QED) is 0.694. The Morgan fingerprint density at radius 1 is 1.31 bits per heavy atom. The van der Waals surface area contributed by atoms with E-state index in [1.807, 2.05) is 24.3 Å². The van der Waals surface area contributed by atoms with Gasteiger partial charge >= 0.3 is 0 Å². The van der Waals surface area contributed by atoms with Crippen LogP contribution < -0.4 is 4.74 Å². The molecular weight excluding hydrogens is 386 g/mol. The van der Waals surface area contributed by atoms with Gasteiger partial charge in [-0.1, -0.05) is 25.1 Å². The van der Waals surface area contributed by atoms with E-state index in [4.69, 9.17) is 4.74 Å². The molecule has 1 aromatic carbocycles. The summed E-state index contributed by atoms with van der Waals surface area (Å²) in [5.41, 5.74) is 2.44. The first kappa shape index (κ1) is 21.3. The minimum Gasteiger partial charge on any atom is -0.492 e.